The minimum atomic E-state index is -0.0784. The number of carbonyl (C=O) groups excluding carboxylic acids is 1. The third kappa shape index (κ3) is 5.64. The Balaban J connectivity index is 0.00000196. The number of amides is 1. The number of thiazole rings is 1. The van der Waals surface area contributed by atoms with E-state index in [2.05, 4.69) is 22.2 Å². The Morgan fingerprint density at radius 2 is 1.96 bits per heavy atom. The van der Waals surface area contributed by atoms with Crippen LogP contribution in [0.2, 0.25) is 5.02 Å². The summed E-state index contributed by atoms with van der Waals surface area (Å²) in [4.78, 5) is 21.6. The summed E-state index contributed by atoms with van der Waals surface area (Å²) in [5.74, 6) is 0.374. The fraction of sp³-hybridized carbons (Fsp3) is 0.444. The molecule has 0 atom stereocenters. The van der Waals surface area contributed by atoms with Crippen molar-refractivity contribution in [3.8, 4) is 5.75 Å². The van der Waals surface area contributed by atoms with Gasteiger partial charge < -0.3 is 15.4 Å². The third-order valence-corrected chi connectivity index (χ3v) is 5.87. The average Bonchev–Trinajstić information content (AvgIpc) is 3.11. The molecule has 6 nitrogen and oxygen atoms in total. The molecular weight excluding hydrogens is 443 g/mol. The summed E-state index contributed by atoms with van der Waals surface area (Å²) in [5.41, 5.74) is 7.76. The van der Waals surface area contributed by atoms with Crippen LogP contribution in [-0.2, 0) is 13.0 Å². The van der Waals surface area contributed by atoms with Gasteiger partial charge >= 0.3 is 0 Å². The lowest BCUT2D eigenvalue weighted by Gasteiger charge is -2.34. The first-order chi connectivity index (χ1) is 12.5. The lowest BCUT2D eigenvalue weighted by Crippen LogP contribution is -2.48. The summed E-state index contributed by atoms with van der Waals surface area (Å²) in [5, 5.41) is 3.65. The van der Waals surface area contributed by atoms with Gasteiger partial charge in [0.2, 0.25) is 0 Å². The van der Waals surface area contributed by atoms with Crippen LogP contribution < -0.4 is 10.5 Å². The first-order valence-corrected chi connectivity index (χ1v) is 9.85. The summed E-state index contributed by atoms with van der Waals surface area (Å²) >= 11 is 7.80. The summed E-state index contributed by atoms with van der Waals surface area (Å²) in [6, 6.07) is 3.19. The van der Waals surface area contributed by atoms with Gasteiger partial charge in [-0.25, -0.2) is 4.98 Å². The van der Waals surface area contributed by atoms with Crippen LogP contribution in [0.25, 0.3) is 0 Å². The zero-order valence-corrected chi connectivity index (χ0v) is 19.0. The van der Waals surface area contributed by atoms with Crippen LogP contribution in [0.15, 0.2) is 17.5 Å². The first-order valence-electron chi connectivity index (χ1n) is 8.59. The molecule has 0 radical (unpaired) electrons. The van der Waals surface area contributed by atoms with E-state index in [4.69, 9.17) is 22.1 Å². The number of piperazine rings is 1. The van der Waals surface area contributed by atoms with Crippen molar-refractivity contribution in [1.29, 1.82) is 0 Å². The lowest BCUT2D eigenvalue weighted by atomic mass is 10.1. The maximum Gasteiger partial charge on any atom is 0.257 e. The van der Waals surface area contributed by atoms with E-state index in [9.17, 15) is 4.79 Å². The molecule has 2 N–H and O–H groups in total. The van der Waals surface area contributed by atoms with E-state index >= 15 is 0 Å². The molecular formula is C18H25Cl3N4O2S. The van der Waals surface area contributed by atoms with Crippen molar-refractivity contribution in [3.05, 3.63) is 38.8 Å². The second kappa shape index (κ2) is 11.1. The smallest absolute Gasteiger partial charge is 0.257 e. The highest BCUT2D eigenvalue weighted by Gasteiger charge is 2.25. The molecule has 1 fully saturated rings. The quantitative estimate of drug-likeness (QED) is 0.678. The Hall–Kier alpha value is -1.25. The van der Waals surface area contributed by atoms with Gasteiger partial charge in [-0.2, -0.15) is 0 Å². The highest BCUT2D eigenvalue weighted by atomic mass is 35.5. The predicted octanol–water partition coefficient (Wildman–Crippen LogP) is 3.75. The van der Waals surface area contributed by atoms with Gasteiger partial charge in [-0.1, -0.05) is 18.5 Å². The summed E-state index contributed by atoms with van der Waals surface area (Å²) in [6.45, 7) is 5.90. The Labute approximate surface area is 186 Å². The van der Waals surface area contributed by atoms with Crippen molar-refractivity contribution < 1.29 is 9.53 Å². The maximum absolute atomic E-state index is 12.9. The second-order valence-corrected chi connectivity index (χ2v) is 7.58. The van der Waals surface area contributed by atoms with Crippen molar-refractivity contribution in [2.24, 2.45) is 0 Å². The Morgan fingerprint density at radius 3 is 2.54 bits per heavy atom. The SMILES string of the molecule is CCc1nc(CN2CCN(C(=O)c3cc(Cl)c(N)cc3OC)CC2)cs1.Cl.Cl. The fourth-order valence-electron chi connectivity index (χ4n) is 3.00. The third-order valence-electron chi connectivity index (χ3n) is 4.50. The number of hydrogen-bond acceptors (Lipinski definition) is 6. The molecule has 3 rings (SSSR count). The molecule has 2 aromatic rings. The second-order valence-electron chi connectivity index (χ2n) is 6.23. The van der Waals surface area contributed by atoms with Crippen LogP contribution in [-0.4, -0.2) is 54.0 Å². The molecule has 0 aliphatic carbocycles. The van der Waals surface area contributed by atoms with E-state index in [0.717, 1.165) is 31.7 Å². The summed E-state index contributed by atoms with van der Waals surface area (Å²) in [7, 11) is 1.52. The van der Waals surface area contributed by atoms with E-state index in [1.54, 1.807) is 23.5 Å². The number of nitrogens with two attached hydrogens (primary N) is 1. The molecule has 28 heavy (non-hydrogen) atoms. The lowest BCUT2D eigenvalue weighted by molar-refractivity contribution is 0.0624. The monoisotopic (exact) mass is 466 g/mol. The molecule has 156 valence electrons. The minimum Gasteiger partial charge on any atom is -0.496 e. The van der Waals surface area contributed by atoms with Crippen LogP contribution >= 0.6 is 47.8 Å². The number of hydrogen-bond donors (Lipinski definition) is 1. The normalized spacial score (nSPS) is 14.2. The zero-order valence-electron chi connectivity index (χ0n) is 15.8. The van der Waals surface area contributed by atoms with Gasteiger partial charge in [0.15, 0.2) is 0 Å². The van der Waals surface area contributed by atoms with Gasteiger partial charge in [-0.15, -0.1) is 36.2 Å². The van der Waals surface area contributed by atoms with Gasteiger partial charge in [0.25, 0.3) is 5.91 Å². The summed E-state index contributed by atoms with van der Waals surface area (Å²) < 4.78 is 5.30. The highest BCUT2D eigenvalue weighted by molar-refractivity contribution is 7.09. The Morgan fingerprint density at radius 1 is 1.29 bits per heavy atom. The predicted molar refractivity (Wildman–Crippen MR) is 120 cm³/mol. The van der Waals surface area contributed by atoms with Gasteiger partial charge in [-0.05, 0) is 12.5 Å². The molecule has 10 heteroatoms. The van der Waals surface area contributed by atoms with Crippen molar-refractivity contribution in [2.45, 2.75) is 19.9 Å². The van der Waals surface area contributed by atoms with E-state index in [1.807, 2.05) is 4.90 Å². The number of methoxy groups -OCH3 is 1. The van der Waals surface area contributed by atoms with Crippen molar-refractivity contribution in [3.63, 3.8) is 0 Å². The van der Waals surface area contributed by atoms with Crippen molar-refractivity contribution >= 4 is 59.3 Å². The molecule has 1 saturated heterocycles. The fourth-order valence-corrected chi connectivity index (χ4v) is 3.90. The van der Waals surface area contributed by atoms with E-state index < -0.39 is 0 Å². The molecule has 1 aliphatic rings. The van der Waals surface area contributed by atoms with Crippen molar-refractivity contribution in [2.75, 3.05) is 39.0 Å². The van der Waals surface area contributed by atoms with Gasteiger partial charge in [0, 0.05) is 44.2 Å². The number of aromatic nitrogens is 1. The van der Waals surface area contributed by atoms with Gasteiger partial charge in [0.05, 0.1) is 34.1 Å². The number of aryl methyl sites for hydroxylation is 1. The number of ether oxygens (including phenoxy) is 1. The Kier molecular flexibility index (Phi) is 9.80. The van der Waals surface area contributed by atoms with Crippen LogP contribution in [0.5, 0.6) is 5.75 Å². The van der Waals surface area contributed by atoms with Crippen LogP contribution in [0, 0.1) is 0 Å². The average molecular weight is 468 g/mol. The number of carbonyl (C=O) groups is 1. The van der Waals surface area contributed by atoms with Gasteiger partial charge in [-0.3, -0.25) is 9.69 Å². The summed E-state index contributed by atoms with van der Waals surface area (Å²) in [6.07, 6.45) is 0.971. The molecule has 0 saturated carbocycles. The number of nitrogen functional groups attached to an aromatic ring is 1. The van der Waals surface area contributed by atoms with E-state index in [-0.39, 0.29) is 30.7 Å². The number of anilines is 1. The van der Waals surface area contributed by atoms with Crippen LogP contribution in [0.3, 0.4) is 0 Å². The maximum atomic E-state index is 12.9. The van der Waals surface area contributed by atoms with Gasteiger partial charge in [0.1, 0.15) is 5.75 Å². The molecule has 2 heterocycles. The number of nitrogens with zero attached hydrogens (tertiary/aromatic N) is 3. The number of rotatable bonds is 5. The first kappa shape index (κ1) is 24.8. The molecule has 0 bridgehead atoms. The zero-order chi connectivity index (χ0) is 18.7. The standard InChI is InChI=1S/C18H23ClN4O2S.2ClH/c1-3-17-21-12(11-26-17)10-22-4-6-23(7-5-22)18(24)13-8-14(19)15(20)9-16(13)25-2;;/h8-9,11H,3-7,10,20H2,1-2H3;2*1H. The molecule has 1 aromatic heterocycles. The largest absolute Gasteiger partial charge is 0.496 e. The molecule has 1 amide bonds. The van der Waals surface area contributed by atoms with E-state index in [0.29, 0.717) is 35.1 Å². The molecule has 1 aliphatic heterocycles. The molecule has 1 aromatic carbocycles. The Bertz CT molecular complexity index is 795. The topological polar surface area (TPSA) is 71.7 Å². The highest BCUT2D eigenvalue weighted by Crippen LogP contribution is 2.30. The number of benzene rings is 1. The van der Waals surface area contributed by atoms with Crippen LogP contribution in [0.4, 0.5) is 5.69 Å². The van der Waals surface area contributed by atoms with Crippen LogP contribution in [0.1, 0.15) is 28.0 Å². The van der Waals surface area contributed by atoms with Crippen molar-refractivity contribution in [1.82, 2.24) is 14.8 Å². The molecule has 0 unspecified atom stereocenters. The van der Waals surface area contributed by atoms with E-state index in [1.165, 1.54) is 12.1 Å². The molecule has 0 spiro atoms. The number of halogens is 3. The minimum absolute atomic E-state index is 0.